The second-order valence-electron chi connectivity index (χ2n) is 12.3. The van der Waals surface area contributed by atoms with Gasteiger partial charge in [0.15, 0.2) is 0 Å². The lowest BCUT2D eigenvalue weighted by molar-refractivity contribution is -0.141. The van der Waals surface area contributed by atoms with E-state index in [0.29, 0.717) is 39.3 Å². The number of nitrogens with one attached hydrogen (secondary N) is 4. The van der Waals surface area contributed by atoms with Crippen molar-refractivity contribution in [2.75, 3.05) is 49.2 Å². The minimum absolute atomic E-state index is 0.0130. The van der Waals surface area contributed by atoms with Crippen LogP contribution in [-0.2, 0) is 30.8 Å². The molecule has 0 fully saturated rings. The molecule has 12 nitrogen and oxygen atoms in total. The standard InChI is InChI=1S/C39H41N5O7S/c1-25-10-6-7-13-31(25)41-39(47)42-32-21-16-26(22-35(32)50-4)23-37(45)40-28-19-17-27(18-20-28)33(24-38(46)51-5)43-52(48,49)36-15-9-11-29-30(36)12-8-14-34(29)44(2)3/h6-22,33,43H,23-24H2,1-5H3,(H,40,45)(H2,41,42,47). The summed E-state index contributed by atoms with van der Waals surface area (Å²) in [6.07, 6.45) is -0.242. The molecule has 0 aromatic heterocycles. The molecule has 0 aliphatic rings. The summed E-state index contributed by atoms with van der Waals surface area (Å²) in [6.45, 7) is 1.89. The molecule has 0 spiro atoms. The molecular formula is C39H41N5O7S. The highest BCUT2D eigenvalue weighted by Crippen LogP contribution is 2.32. The van der Waals surface area contributed by atoms with Crippen molar-refractivity contribution in [1.82, 2.24) is 4.72 Å². The third-order valence-electron chi connectivity index (χ3n) is 8.40. The maximum atomic E-state index is 13.8. The van der Waals surface area contributed by atoms with E-state index in [-0.39, 0.29) is 23.6 Å². The van der Waals surface area contributed by atoms with Crippen LogP contribution in [0, 0.1) is 6.92 Å². The Kier molecular flexibility index (Phi) is 11.8. The Bertz CT molecular complexity index is 2210. The molecule has 0 saturated heterocycles. The number of urea groups is 1. The summed E-state index contributed by atoms with van der Waals surface area (Å²) in [6, 6.07) is 28.2. The summed E-state index contributed by atoms with van der Waals surface area (Å²) < 4.78 is 40.6. The van der Waals surface area contributed by atoms with Crippen LogP contribution >= 0.6 is 0 Å². The lowest BCUT2D eigenvalue weighted by Gasteiger charge is -2.21. The van der Waals surface area contributed by atoms with Gasteiger partial charge in [0.05, 0.1) is 43.7 Å². The third-order valence-corrected chi connectivity index (χ3v) is 9.92. The van der Waals surface area contributed by atoms with Crippen molar-refractivity contribution in [3.63, 3.8) is 0 Å². The van der Waals surface area contributed by atoms with Crippen molar-refractivity contribution in [3.8, 4) is 5.75 Å². The van der Waals surface area contributed by atoms with Crippen molar-refractivity contribution in [1.29, 1.82) is 0 Å². The van der Waals surface area contributed by atoms with Gasteiger partial charge in [-0.3, -0.25) is 9.59 Å². The van der Waals surface area contributed by atoms with Crippen molar-refractivity contribution < 1.29 is 32.3 Å². The molecule has 0 saturated carbocycles. The number of sulfonamides is 1. The van der Waals surface area contributed by atoms with Crippen LogP contribution in [0.3, 0.4) is 0 Å². The van der Waals surface area contributed by atoms with E-state index in [0.717, 1.165) is 16.6 Å². The van der Waals surface area contributed by atoms with Gasteiger partial charge < -0.3 is 30.3 Å². The minimum atomic E-state index is -4.11. The summed E-state index contributed by atoms with van der Waals surface area (Å²) in [7, 11) is 2.37. The predicted molar refractivity (Wildman–Crippen MR) is 204 cm³/mol. The predicted octanol–water partition coefficient (Wildman–Crippen LogP) is 6.63. The highest BCUT2D eigenvalue weighted by Gasteiger charge is 2.26. The van der Waals surface area contributed by atoms with Crippen LogP contribution in [0.2, 0.25) is 0 Å². The summed E-state index contributed by atoms with van der Waals surface area (Å²) in [4.78, 5) is 40.0. The Morgan fingerprint density at radius 3 is 2.15 bits per heavy atom. The Morgan fingerprint density at radius 1 is 0.769 bits per heavy atom. The maximum absolute atomic E-state index is 13.8. The van der Waals surface area contributed by atoms with E-state index in [2.05, 4.69) is 20.7 Å². The monoisotopic (exact) mass is 723 g/mol. The second kappa shape index (κ2) is 16.4. The van der Waals surface area contributed by atoms with Crippen LogP contribution in [0.25, 0.3) is 10.8 Å². The number of para-hydroxylation sites is 1. The van der Waals surface area contributed by atoms with Gasteiger partial charge in [-0.2, -0.15) is 0 Å². The smallest absolute Gasteiger partial charge is 0.323 e. The summed E-state index contributed by atoms with van der Waals surface area (Å²) in [5.74, 6) is -0.524. The Hall–Kier alpha value is -5.92. The van der Waals surface area contributed by atoms with E-state index in [1.165, 1.54) is 20.3 Å². The number of anilines is 4. The molecule has 3 amide bonds. The summed E-state index contributed by atoms with van der Waals surface area (Å²) in [5.41, 5.74) is 4.52. The van der Waals surface area contributed by atoms with Crippen LogP contribution in [0.4, 0.5) is 27.5 Å². The van der Waals surface area contributed by atoms with Crippen LogP contribution in [0.5, 0.6) is 5.75 Å². The first-order valence-corrected chi connectivity index (χ1v) is 17.9. The number of hydrogen-bond donors (Lipinski definition) is 4. The SMILES string of the molecule is COC(=O)CC(NS(=O)(=O)c1cccc2c(N(C)C)cccc12)c1ccc(NC(=O)Cc2ccc(NC(=O)Nc3ccccc3C)c(OC)c2)cc1. The number of ether oxygens (including phenoxy) is 2. The number of carbonyl (C=O) groups excluding carboxylic acids is 3. The van der Waals surface area contributed by atoms with Gasteiger partial charge in [0, 0.05) is 41.9 Å². The molecule has 5 aromatic carbocycles. The molecule has 270 valence electrons. The van der Waals surface area contributed by atoms with Crippen LogP contribution in [0.1, 0.15) is 29.2 Å². The molecule has 1 atom stereocenters. The number of nitrogens with zero attached hydrogens (tertiary/aromatic N) is 1. The van der Waals surface area contributed by atoms with E-state index in [1.54, 1.807) is 66.7 Å². The number of aryl methyl sites for hydroxylation is 1. The number of fused-ring (bicyclic) bond motifs is 1. The molecule has 0 radical (unpaired) electrons. The number of esters is 1. The number of rotatable bonds is 13. The Morgan fingerprint density at radius 2 is 1.46 bits per heavy atom. The van der Waals surface area contributed by atoms with E-state index >= 15 is 0 Å². The van der Waals surface area contributed by atoms with Crippen LogP contribution in [0.15, 0.2) is 108 Å². The molecule has 1 unspecified atom stereocenters. The highest BCUT2D eigenvalue weighted by atomic mass is 32.2. The number of methoxy groups -OCH3 is 2. The molecule has 13 heteroatoms. The van der Waals surface area contributed by atoms with Gasteiger partial charge in [-0.15, -0.1) is 0 Å². The zero-order chi connectivity index (χ0) is 37.4. The molecule has 4 N–H and O–H groups in total. The van der Waals surface area contributed by atoms with E-state index in [4.69, 9.17) is 9.47 Å². The second-order valence-corrected chi connectivity index (χ2v) is 13.9. The third kappa shape index (κ3) is 9.05. The topological polar surface area (TPSA) is 155 Å². The fourth-order valence-corrected chi connectivity index (χ4v) is 7.19. The van der Waals surface area contributed by atoms with E-state index in [1.807, 2.05) is 56.3 Å². The van der Waals surface area contributed by atoms with Crippen LogP contribution < -0.4 is 30.3 Å². The first-order chi connectivity index (χ1) is 24.9. The van der Waals surface area contributed by atoms with Gasteiger partial charge in [-0.1, -0.05) is 60.7 Å². The van der Waals surface area contributed by atoms with Crippen molar-refractivity contribution >= 4 is 61.5 Å². The summed E-state index contributed by atoms with van der Waals surface area (Å²) in [5, 5.41) is 9.74. The Balaban J connectivity index is 1.27. The van der Waals surface area contributed by atoms with Crippen molar-refractivity contribution in [2.45, 2.75) is 30.7 Å². The molecule has 0 aliphatic carbocycles. The highest BCUT2D eigenvalue weighted by molar-refractivity contribution is 7.89. The molecule has 0 heterocycles. The van der Waals surface area contributed by atoms with Gasteiger partial charge in [0.2, 0.25) is 15.9 Å². The molecule has 52 heavy (non-hydrogen) atoms. The molecule has 5 rings (SSSR count). The quantitative estimate of drug-likeness (QED) is 0.0988. The lowest BCUT2D eigenvalue weighted by Crippen LogP contribution is -2.30. The number of benzene rings is 5. The van der Waals surface area contributed by atoms with Crippen molar-refractivity contribution in [3.05, 3.63) is 120 Å². The van der Waals surface area contributed by atoms with E-state index in [9.17, 15) is 22.8 Å². The molecule has 0 aliphatic heterocycles. The van der Waals surface area contributed by atoms with Gasteiger partial charge in [0.25, 0.3) is 0 Å². The number of amides is 3. The first-order valence-electron chi connectivity index (χ1n) is 16.4. The minimum Gasteiger partial charge on any atom is -0.495 e. The molecule has 5 aromatic rings. The Labute approximate surface area is 303 Å². The van der Waals surface area contributed by atoms with Crippen molar-refractivity contribution in [2.24, 2.45) is 0 Å². The van der Waals surface area contributed by atoms with Crippen LogP contribution in [-0.4, -0.2) is 54.6 Å². The largest absolute Gasteiger partial charge is 0.495 e. The average molecular weight is 724 g/mol. The first kappa shape index (κ1) is 37.3. The molecular weight excluding hydrogens is 683 g/mol. The van der Waals surface area contributed by atoms with Gasteiger partial charge in [-0.05, 0) is 66.1 Å². The fourth-order valence-electron chi connectivity index (χ4n) is 5.74. The van der Waals surface area contributed by atoms with Gasteiger partial charge in [0.1, 0.15) is 5.75 Å². The average Bonchev–Trinajstić information content (AvgIpc) is 3.12. The lowest BCUT2D eigenvalue weighted by atomic mass is 10.0. The zero-order valence-electron chi connectivity index (χ0n) is 29.5. The van der Waals surface area contributed by atoms with Gasteiger partial charge >= 0.3 is 12.0 Å². The normalized spacial score (nSPS) is 11.7. The van der Waals surface area contributed by atoms with E-state index < -0.39 is 28.1 Å². The number of carbonyl (C=O) groups is 3. The number of hydrogen-bond acceptors (Lipinski definition) is 8. The summed E-state index contributed by atoms with van der Waals surface area (Å²) >= 11 is 0. The van der Waals surface area contributed by atoms with Gasteiger partial charge in [-0.25, -0.2) is 17.9 Å². The fraction of sp³-hybridized carbons (Fsp3) is 0.205. The zero-order valence-corrected chi connectivity index (χ0v) is 30.3. The molecule has 0 bridgehead atoms. The maximum Gasteiger partial charge on any atom is 0.323 e.